The number of nitro benzene ring substituents is 1. The fourth-order valence-corrected chi connectivity index (χ4v) is 1.68. The molecule has 0 aliphatic rings. The highest BCUT2D eigenvalue weighted by atomic mass is 19.3. The van der Waals surface area contributed by atoms with Gasteiger partial charge in [-0.1, -0.05) is 11.2 Å². The Bertz CT molecular complexity index is 660. The van der Waals surface area contributed by atoms with Gasteiger partial charge in [-0.2, -0.15) is 4.98 Å². The molecule has 1 N–H and O–H groups in total. The SMILES string of the molecule is Cc1ccc([N+](=O)[O-])cc1-c1noc(CC(O)C(F)F)n1. The minimum Gasteiger partial charge on any atom is -0.387 e. The van der Waals surface area contributed by atoms with Gasteiger partial charge < -0.3 is 9.63 Å². The minimum absolute atomic E-state index is 0.0488. The van der Waals surface area contributed by atoms with Crippen LogP contribution in [0, 0.1) is 17.0 Å². The number of benzene rings is 1. The zero-order valence-corrected chi connectivity index (χ0v) is 10.9. The first kappa shape index (κ1) is 15.0. The van der Waals surface area contributed by atoms with Crippen molar-refractivity contribution in [1.82, 2.24) is 10.1 Å². The summed E-state index contributed by atoms with van der Waals surface area (Å²) in [5.41, 5.74) is 0.891. The summed E-state index contributed by atoms with van der Waals surface area (Å²) in [6.45, 7) is 1.70. The summed E-state index contributed by atoms with van der Waals surface area (Å²) in [4.78, 5) is 14.1. The molecular weight excluding hydrogens is 288 g/mol. The van der Waals surface area contributed by atoms with Crippen molar-refractivity contribution in [2.45, 2.75) is 25.9 Å². The van der Waals surface area contributed by atoms with E-state index < -0.39 is 23.9 Å². The Morgan fingerprint density at radius 1 is 1.48 bits per heavy atom. The number of hydrogen-bond donors (Lipinski definition) is 1. The Balaban J connectivity index is 2.29. The molecule has 2 aromatic rings. The van der Waals surface area contributed by atoms with Gasteiger partial charge in [0.15, 0.2) is 0 Å². The number of aliphatic hydroxyl groups is 1. The average Bonchev–Trinajstić information content (AvgIpc) is 2.87. The number of non-ortho nitro benzene ring substituents is 1. The van der Waals surface area contributed by atoms with Crippen LogP contribution in [0.25, 0.3) is 11.4 Å². The topological polar surface area (TPSA) is 102 Å². The Hall–Kier alpha value is -2.42. The standard InChI is InChI=1S/C12H11F2N3O4/c1-6-2-3-7(17(19)20)4-8(6)12-15-10(21-16-12)5-9(18)11(13)14/h2-4,9,11,18H,5H2,1H3. The van der Waals surface area contributed by atoms with Crippen molar-refractivity contribution in [2.75, 3.05) is 0 Å². The minimum atomic E-state index is -2.92. The van der Waals surface area contributed by atoms with E-state index in [0.29, 0.717) is 11.1 Å². The van der Waals surface area contributed by atoms with Crippen LogP contribution in [0.5, 0.6) is 0 Å². The summed E-state index contributed by atoms with van der Waals surface area (Å²) < 4.78 is 29.2. The summed E-state index contributed by atoms with van der Waals surface area (Å²) in [7, 11) is 0. The first-order valence-electron chi connectivity index (χ1n) is 5.92. The molecule has 0 fully saturated rings. The van der Waals surface area contributed by atoms with Crippen LogP contribution in [-0.4, -0.2) is 32.7 Å². The molecule has 0 radical (unpaired) electrons. The Morgan fingerprint density at radius 3 is 2.81 bits per heavy atom. The van der Waals surface area contributed by atoms with Gasteiger partial charge in [0.2, 0.25) is 11.7 Å². The van der Waals surface area contributed by atoms with Crippen LogP contribution in [0.4, 0.5) is 14.5 Å². The summed E-state index contributed by atoms with van der Waals surface area (Å²) >= 11 is 0. The second kappa shape index (κ2) is 5.92. The lowest BCUT2D eigenvalue weighted by Gasteiger charge is -2.04. The van der Waals surface area contributed by atoms with E-state index in [1.165, 1.54) is 18.2 Å². The largest absolute Gasteiger partial charge is 0.387 e. The smallest absolute Gasteiger partial charge is 0.270 e. The number of nitrogens with zero attached hydrogens (tertiary/aromatic N) is 3. The van der Waals surface area contributed by atoms with Crippen molar-refractivity contribution in [3.05, 3.63) is 39.8 Å². The van der Waals surface area contributed by atoms with E-state index in [-0.39, 0.29) is 17.4 Å². The number of rotatable bonds is 5. The Kier molecular flexibility index (Phi) is 4.22. The van der Waals surface area contributed by atoms with Gasteiger partial charge in [-0.3, -0.25) is 10.1 Å². The van der Waals surface area contributed by atoms with Crippen LogP contribution in [0.2, 0.25) is 0 Å². The number of aromatic nitrogens is 2. The third-order valence-electron chi connectivity index (χ3n) is 2.82. The van der Waals surface area contributed by atoms with Gasteiger partial charge in [-0.25, -0.2) is 8.78 Å². The van der Waals surface area contributed by atoms with Crippen molar-refractivity contribution < 1.29 is 23.3 Å². The van der Waals surface area contributed by atoms with Crippen LogP contribution in [0.15, 0.2) is 22.7 Å². The van der Waals surface area contributed by atoms with Crippen molar-refractivity contribution in [3.63, 3.8) is 0 Å². The third-order valence-corrected chi connectivity index (χ3v) is 2.82. The maximum atomic E-state index is 12.2. The Labute approximate surface area is 117 Å². The molecule has 2 rings (SSSR count). The van der Waals surface area contributed by atoms with E-state index in [1.54, 1.807) is 6.92 Å². The van der Waals surface area contributed by atoms with Crippen molar-refractivity contribution in [3.8, 4) is 11.4 Å². The highest BCUT2D eigenvalue weighted by Gasteiger charge is 2.22. The molecule has 9 heteroatoms. The molecule has 0 aliphatic carbocycles. The van der Waals surface area contributed by atoms with Gasteiger partial charge in [0.1, 0.15) is 6.10 Å². The van der Waals surface area contributed by atoms with E-state index in [2.05, 4.69) is 10.1 Å². The lowest BCUT2D eigenvalue weighted by molar-refractivity contribution is -0.384. The van der Waals surface area contributed by atoms with E-state index in [9.17, 15) is 18.9 Å². The molecule has 1 aromatic heterocycles. The summed E-state index contributed by atoms with van der Waals surface area (Å²) in [6, 6.07) is 4.13. The van der Waals surface area contributed by atoms with Gasteiger partial charge in [0.05, 0.1) is 11.3 Å². The van der Waals surface area contributed by atoms with Crippen LogP contribution in [0.3, 0.4) is 0 Å². The van der Waals surface area contributed by atoms with E-state index in [1.807, 2.05) is 0 Å². The molecule has 1 heterocycles. The van der Waals surface area contributed by atoms with Crippen LogP contribution < -0.4 is 0 Å². The normalized spacial score (nSPS) is 12.6. The number of nitro groups is 1. The molecule has 0 spiro atoms. The third kappa shape index (κ3) is 3.37. The van der Waals surface area contributed by atoms with E-state index in [0.717, 1.165) is 0 Å². The molecule has 7 nitrogen and oxygen atoms in total. The zero-order valence-electron chi connectivity index (χ0n) is 10.9. The van der Waals surface area contributed by atoms with Gasteiger partial charge >= 0.3 is 0 Å². The Morgan fingerprint density at radius 2 is 2.19 bits per heavy atom. The van der Waals surface area contributed by atoms with Gasteiger partial charge in [0, 0.05) is 17.7 Å². The molecule has 1 atom stereocenters. The van der Waals surface area contributed by atoms with Crippen LogP contribution in [-0.2, 0) is 6.42 Å². The highest BCUT2D eigenvalue weighted by molar-refractivity contribution is 5.63. The zero-order chi connectivity index (χ0) is 15.6. The highest BCUT2D eigenvalue weighted by Crippen LogP contribution is 2.25. The molecule has 0 aliphatic heterocycles. The first-order valence-corrected chi connectivity index (χ1v) is 5.92. The lowest BCUT2D eigenvalue weighted by atomic mass is 10.1. The number of halogens is 2. The predicted octanol–water partition coefficient (Wildman–Crippen LogP) is 2.12. The molecule has 112 valence electrons. The molecule has 0 amide bonds. The van der Waals surface area contributed by atoms with Gasteiger partial charge in [-0.05, 0) is 12.5 Å². The van der Waals surface area contributed by atoms with Crippen molar-refractivity contribution in [1.29, 1.82) is 0 Å². The van der Waals surface area contributed by atoms with E-state index >= 15 is 0 Å². The number of hydrogen-bond acceptors (Lipinski definition) is 6. The number of aryl methyl sites for hydroxylation is 1. The van der Waals surface area contributed by atoms with Gasteiger partial charge in [-0.15, -0.1) is 0 Å². The molecule has 0 saturated carbocycles. The summed E-state index contributed by atoms with van der Waals surface area (Å²) in [6.07, 6.45) is -5.30. The number of aliphatic hydroxyl groups excluding tert-OH is 1. The first-order chi connectivity index (χ1) is 9.88. The van der Waals surface area contributed by atoms with Gasteiger partial charge in [0.25, 0.3) is 12.1 Å². The molecule has 21 heavy (non-hydrogen) atoms. The molecule has 1 aromatic carbocycles. The lowest BCUT2D eigenvalue weighted by Crippen LogP contribution is -2.20. The molecule has 0 saturated heterocycles. The maximum absolute atomic E-state index is 12.2. The predicted molar refractivity (Wildman–Crippen MR) is 66.8 cm³/mol. The van der Waals surface area contributed by atoms with E-state index in [4.69, 9.17) is 9.63 Å². The van der Waals surface area contributed by atoms with Crippen molar-refractivity contribution in [2.24, 2.45) is 0 Å². The maximum Gasteiger partial charge on any atom is 0.270 e. The second-order valence-corrected chi connectivity index (χ2v) is 4.37. The number of alkyl halides is 2. The quantitative estimate of drug-likeness (QED) is 0.670. The fraction of sp³-hybridized carbons (Fsp3) is 0.333. The average molecular weight is 299 g/mol. The molecule has 1 unspecified atom stereocenters. The summed E-state index contributed by atoms with van der Waals surface area (Å²) in [5, 5.41) is 23.4. The monoisotopic (exact) mass is 299 g/mol. The second-order valence-electron chi connectivity index (χ2n) is 4.37. The molecule has 0 bridgehead atoms. The molecular formula is C12H11F2N3O4. The fourth-order valence-electron chi connectivity index (χ4n) is 1.68. The summed E-state index contributed by atoms with van der Waals surface area (Å²) in [5.74, 6) is -0.114. The van der Waals surface area contributed by atoms with Crippen LogP contribution >= 0.6 is 0 Å². The van der Waals surface area contributed by atoms with Crippen molar-refractivity contribution >= 4 is 5.69 Å². The van der Waals surface area contributed by atoms with Crippen LogP contribution in [0.1, 0.15) is 11.5 Å².